The number of hydrogen-bond donors (Lipinski definition) is 1. The van der Waals surface area contributed by atoms with E-state index < -0.39 is 0 Å². The Hall–Kier alpha value is -0.610. The number of nitrogens with two attached hydrogens (primary N) is 1. The lowest BCUT2D eigenvalue weighted by molar-refractivity contribution is -0.150. The average molecular weight is 201 g/mol. The maximum Gasteiger partial charge on any atom is 0.306 e. The standard InChI is InChI=1S/C10H19NO3/c1-7(11)10(6-9(12)14-3)4-8(5-10)13-2/h7-8H,4-6,11H2,1-3H3. The summed E-state index contributed by atoms with van der Waals surface area (Å²) in [5.41, 5.74) is 5.79. The minimum absolute atomic E-state index is 0.00741. The van der Waals surface area contributed by atoms with E-state index in [1.807, 2.05) is 6.92 Å². The Morgan fingerprint density at radius 1 is 1.57 bits per heavy atom. The van der Waals surface area contributed by atoms with Crippen LogP contribution in [0.1, 0.15) is 26.2 Å². The van der Waals surface area contributed by atoms with Crippen molar-refractivity contribution >= 4 is 5.97 Å². The summed E-state index contributed by atoms with van der Waals surface area (Å²) in [6, 6.07) is 0.00741. The first-order valence-electron chi connectivity index (χ1n) is 4.89. The van der Waals surface area contributed by atoms with Crippen molar-refractivity contribution in [3.63, 3.8) is 0 Å². The van der Waals surface area contributed by atoms with Crippen molar-refractivity contribution in [3.8, 4) is 0 Å². The van der Waals surface area contributed by atoms with Crippen LogP contribution < -0.4 is 5.73 Å². The molecule has 0 spiro atoms. The molecule has 0 aromatic carbocycles. The second-order valence-corrected chi connectivity index (χ2v) is 4.17. The molecule has 1 unspecified atom stereocenters. The van der Waals surface area contributed by atoms with E-state index in [-0.39, 0.29) is 23.5 Å². The zero-order valence-corrected chi connectivity index (χ0v) is 9.08. The minimum atomic E-state index is -0.183. The SMILES string of the molecule is COC(=O)CC1(C(C)N)CC(OC)C1. The highest BCUT2D eigenvalue weighted by Gasteiger charge is 2.48. The van der Waals surface area contributed by atoms with Crippen molar-refractivity contribution in [2.45, 2.75) is 38.3 Å². The van der Waals surface area contributed by atoms with Crippen LogP contribution in [-0.4, -0.2) is 32.3 Å². The van der Waals surface area contributed by atoms with Crippen molar-refractivity contribution < 1.29 is 14.3 Å². The Morgan fingerprint density at radius 3 is 2.50 bits per heavy atom. The van der Waals surface area contributed by atoms with E-state index >= 15 is 0 Å². The molecule has 0 aromatic heterocycles. The van der Waals surface area contributed by atoms with Gasteiger partial charge in [0, 0.05) is 18.6 Å². The molecule has 82 valence electrons. The zero-order valence-electron chi connectivity index (χ0n) is 9.08. The third kappa shape index (κ3) is 2.07. The second-order valence-electron chi connectivity index (χ2n) is 4.17. The highest BCUT2D eigenvalue weighted by atomic mass is 16.5. The molecule has 1 saturated carbocycles. The van der Waals surface area contributed by atoms with E-state index in [1.165, 1.54) is 7.11 Å². The maximum absolute atomic E-state index is 11.2. The summed E-state index contributed by atoms with van der Waals surface area (Å²) in [6.45, 7) is 1.94. The van der Waals surface area contributed by atoms with Crippen LogP contribution in [0.3, 0.4) is 0 Å². The van der Waals surface area contributed by atoms with Crippen LogP contribution in [-0.2, 0) is 14.3 Å². The Labute approximate surface area is 84.7 Å². The van der Waals surface area contributed by atoms with Crippen LogP contribution in [0.5, 0.6) is 0 Å². The number of ether oxygens (including phenoxy) is 2. The molecule has 0 saturated heterocycles. The van der Waals surface area contributed by atoms with Gasteiger partial charge in [-0.2, -0.15) is 0 Å². The van der Waals surface area contributed by atoms with Gasteiger partial charge in [-0.15, -0.1) is 0 Å². The first kappa shape index (κ1) is 11.5. The summed E-state index contributed by atoms with van der Waals surface area (Å²) in [5.74, 6) is -0.183. The van der Waals surface area contributed by atoms with Crippen LogP contribution in [0.25, 0.3) is 0 Å². The van der Waals surface area contributed by atoms with E-state index in [4.69, 9.17) is 10.5 Å². The summed E-state index contributed by atoms with van der Waals surface area (Å²) in [4.78, 5) is 11.2. The number of esters is 1. The monoisotopic (exact) mass is 201 g/mol. The minimum Gasteiger partial charge on any atom is -0.469 e. The lowest BCUT2D eigenvalue weighted by atomic mass is 9.61. The predicted molar refractivity (Wildman–Crippen MR) is 52.7 cm³/mol. The molecule has 0 radical (unpaired) electrons. The fourth-order valence-electron chi connectivity index (χ4n) is 2.05. The highest BCUT2D eigenvalue weighted by molar-refractivity contribution is 5.70. The van der Waals surface area contributed by atoms with Crippen molar-refractivity contribution in [2.24, 2.45) is 11.1 Å². The molecule has 1 rings (SSSR count). The fraction of sp³-hybridized carbons (Fsp3) is 0.900. The molecule has 1 fully saturated rings. The van der Waals surface area contributed by atoms with Gasteiger partial charge in [0.15, 0.2) is 0 Å². The molecule has 14 heavy (non-hydrogen) atoms. The second kappa shape index (κ2) is 4.28. The molecular formula is C10H19NO3. The van der Waals surface area contributed by atoms with E-state index in [1.54, 1.807) is 7.11 Å². The smallest absolute Gasteiger partial charge is 0.306 e. The molecule has 0 aliphatic heterocycles. The first-order chi connectivity index (χ1) is 6.54. The summed E-state index contributed by atoms with van der Waals surface area (Å²) in [6.07, 6.45) is 2.37. The number of carbonyl (C=O) groups excluding carboxylic acids is 1. The van der Waals surface area contributed by atoms with E-state index in [0.717, 1.165) is 12.8 Å². The number of methoxy groups -OCH3 is 2. The Balaban J connectivity index is 2.54. The van der Waals surface area contributed by atoms with Gasteiger partial charge in [-0.1, -0.05) is 0 Å². The molecule has 1 aliphatic carbocycles. The number of carbonyl (C=O) groups is 1. The van der Waals surface area contributed by atoms with Gasteiger partial charge in [-0.3, -0.25) is 4.79 Å². The third-order valence-electron chi connectivity index (χ3n) is 3.29. The topological polar surface area (TPSA) is 61.5 Å². The normalized spacial score (nSPS) is 33.3. The average Bonchev–Trinajstić information content (AvgIpc) is 2.09. The van der Waals surface area contributed by atoms with E-state index in [0.29, 0.717) is 6.42 Å². The molecule has 0 bridgehead atoms. The van der Waals surface area contributed by atoms with Crippen molar-refractivity contribution in [1.82, 2.24) is 0 Å². The highest BCUT2D eigenvalue weighted by Crippen LogP contribution is 2.47. The third-order valence-corrected chi connectivity index (χ3v) is 3.29. The largest absolute Gasteiger partial charge is 0.469 e. The van der Waals surface area contributed by atoms with Gasteiger partial charge < -0.3 is 15.2 Å². The molecule has 1 aliphatic rings. The quantitative estimate of drug-likeness (QED) is 0.680. The van der Waals surface area contributed by atoms with Crippen molar-refractivity contribution in [2.75, 3.05) is 14.2 Å². The van der Waals surface area contributed by atoms with Gasteiger partial charge in [0.25, 0.3) is 0 Å². The van der Waals surface area contributed by atoms with Crippen LogP contribution in [0.2, 0.25) is 0 Å². The lowest BCUT2D eigenvalue weighted by Gasteiger charge is -2.49. The number of hydrogen-bond acceptors (Lipinski definition) is 4. The molecule has 2 N–H and O–H groups in total. The Bertz CT molecular complexity index is 209. The molecule has 0 aromatic rings. The van der Waals surface area contributed by atoms with Crippen molar-refractivity contribution in [3.05, 3.63) is 0 Å². The van der Waals surface area contributed by atoms with Crippen molar-refractivity contribution in [1.29, 1.82) is 0 Å². The van der Waals surface area contributed by atoms with Gasteiger partial charge in [-0.05, 0) is 19.8 Å². The maximum atomic E-state index is 11.2. The fourth-order valence-corrected chi connectivity index (χ4v) is 2.05. The molecular weight excluding hydrogens is 182 g/mol. The Morgan fingerprint density at radius 2 is 2.14 bits per heavy atom. The molecule has 1 atom stereocenters. The van der Waals surface area contributed by atoms with E-state index in [9.17, 15) is 4.79 Å². The summed E-state index contributed by atoms with van der Waals surface area (Å²) in [7, 11) is 3.09. The first-order valence-corrected chi connectivity index (χ1v) is 4.89. The van der Waals surface area contributed by atoms with Gasteiger partial charge >= 0.3 is 5.97 Å². The van der Waals surface area contributed by atoms with E-state index in [2.05, 4.69) is 4.74 Å². The summed E-state index contributed by atoms with van der Waals surface area (Å²) in [5, 5.41) is 0. The van der Waals surface area contributed by atoms with Crippen LogP contribution >= 0.6 is 0 Å². The predicted octanol–water partition coefficient (Wildman–Crippen LogP) is 0.692. The van der Waals surface area contributed by atoms with Crippen LogP contribution in [0, 0.1) is 5.41 Å². The van der Waals surface area contributed by atoms with Crippen LogP contribution in [0.4, 0.5) is 0 Å². The Kier molecular flexibility index (Phi) is 3.50. The van der Waals surface area contributed by atoms with Gasteiger partial charge in [0.05, 0.1) is 19.6 Å². The zero-order chi connectivity index (χ0) is 10.8. The molecule has 4 nitrogen and oxygen atoms in total. The molecule has 0 amide bonds. The molecule has 4 heteroatoms. The number of rotatable bonds is 4. The lowest BCUT2D eigenvalue weighted by Crippen LogP contribution is -2.53. The molecule has 0 heterocycles. The van der Waals surface area contributed by atoms with Gasteiger partial charge in [0.2, 0.25) is 0 Å². The van der Waals surface area contributed by atoms with Crippen LogP contribution in [0.15, 0.2) is 0 Å². The summed E-state index contributed by atoms with van der Waals surface area (Å²) < 4.78 is 9.86. The van der Waals surface area contributed by atoms with Gasteiger partial charge in [0.1, 0.15) is 0 Å². The van der Waals surface area contributed by atoms with Gasteiger partial charge in [-0.25, -0.2) is 0 Å². The summed E-state index contributed by atoms with van der Waals surface area (Å²) >= 11 is 0.